The quantitative estimate of drug-likeness (QED) is 0.615. The van der Waals surface area contributed by atoms with E-state index in [1.54, 1.807) is 6.92 Å². The van der Waals surface area contributed by atoms with Gasteiger partial charge < -0.3 is 4.90 Å². The van der Waals surface area contributed by atoms with Gasteiger partial charge in [-0.15, -0.1) is 0 Å². The Morgan fingerprint density at radius 1 is 1.36 bits per heavy atom. The predicted octanol–water partition coefficient (Wildman–Crippen LogP) is 1.41. The largest absolute Gasteiger partial charge is 0.309 e. The van der Waals surface area contributed by atoms with Gasteiger partial charge in [-0.2, -0.15) is 0 Å². The number of carbonyl (C=O) groups is 1. The van der Waals surface area contributed by atoms with Crippen LogP contribution in [0, 0.1) is 11.8 Å². The number of carbonyl (C=O) groups excluding carboxylic acids is 1. The lowest BCUT2D eigenvalue weighted by molar-refractivity contribution is -0.122. The average Bonchev–Trinajstić information content (AvgIpc) is 1.81. The summed E-state index contributed by atoms with van der Waals surface area (Å²) in [6.45, 7) is 6.73. The normalized spacial score (nSPS) is 14.1. The Morgan fingerprint density at radius 3 is 1.91 bits per heavy atom. The van der Waals surface area contributed by atoms with Crippen LogP contribution in [0.15, 0.2) is 0 Å². The lowest BCUT2D eigenvalue weighted by Gasteiger charge is -2.21. The summed E-state index contributed by atoms with van der Waals surface area (Å²) in [6, 6.07) is 0. The molecule has 0 aliphatic heterocycles. The van der Waals surface area contributed by atoms with Gasteiger partial charge in [-0.1, -0.05) is 13.8 Å². The average molecular weight is 157 g/mol. The van der Waals surface area contributed by atoms with E-state index >= 15 is 0 Å². The molecule has 0 bridgehead atoms. The Labute approximate surface area is 69.6 Å². The number of nitrogens with zero attached hydrogens (tertiary/aromatic N) is 1. The van der Waals surface area contributed by atoms with Crippen molar-refractivity contribution in [2.45, 2.75) is 20.8 Å². The van der Waals surface area contributed by atoms with E-state index in [1.807, 2.05) is 14.1 Å². The second kappa shape index (κ2) is 4.50. The molecular weight excluding hydrogens is 138 g/mol. The Bertz CT molecular complexity index is 130. The van der Waals surface area contributed by atoms with Crippen molar-refractivity contribution in [3.05, 3.63) is 0 Å². The summed E-state index contributed by atoms with van der Waals surface area (Å²) >= 11 is 0. The lowest BCUT2D eigenvalue weighted by atomic mass is 9.92. The summed E-state index contributed by atoms with van der Waals surface area (Å²) < 4.78 is 0. The first kappa shape index (κ1) is 10.6. The second-order valence-corrected chi connectivity index (χ2v) is 3.72. The molecule has 0 amide bonds. The molecule has 0 spiro atoms. The van der Waals surface area contributed by atoms with Crippen LogP contribution >= 0.6 is 0 Å². The topological polar surface area (TPSA) is 20.3 Å². The second-order valence-electron chi connectivity index (χ2n) is 3.72. The first-order valence-corrected chi connectivity index (χ1v) is 4.10. The van der Waals surface area contributed by atoms with Crippen molar-refractivity contribution in [2.24, 2.45) is 11.8 Å². The number of rotatable bonds is 4. The molecule has 0 rings (SSSR count). The first-order valence-electron chi connectivity index (χ1n) is 4.10. The molecule has 11 heavy (non-hydrogen) atoms. The summed E-state index contributed by atoms with van der Waals surface area (Å²) in [4.78, 5) is 13.2. The molecule has 0 N–H and O–H groups in total. The molecule has 0 saturated carbocycles. The van der Waals surface area contributed by atoms with E-state index in [1.165, 1.54) is 0 Å². The highest BCUT2D eigenvalue weighted by atomic mass is 16.1. The summed E-state index contributed by atoms with van der Waals surface area (Å²) in [5.41, 5.74) is 0. The highest BCUT2D eigenvalue weighted by Crippen LogP contribution is 2.12. The predicted molar refractivity (Wildman–Crippen MR) is 47.6 cm³/mol. The van der Waals surface area contributed by atoms with E-state index in [-0.39, 0.29) is 5.92 Å². The van der Waals surface area contributed by atoms with Crippen molar-refractivity contribution < 1.29 is 4.79 Å². The smallest absolute Gasteiger partial charge is 0.134 e. The van der Waals surface area contributed by atoms with Crippen molar-refractivity contribution >= 4 is 5.78 Å². The van der Waals surface area contributed by atoms with Crippen LogP contribution in [0.5, 0.6) is 0 Å². The van der Waals surface area contributed by atoms with E-state index in [0.717, 1.165) is 6.54 Å². The minimum Gasteiger partial charge on any atom is -0.309 e. The van der Waals surface area contributed by atoms with Crippen LogP contribution in [0.4, 0.5) is 0 Å². The molecule has 2 heteroatoms. The third kappa shape index (κ3) is 4.14. The number of ketones is 1. The third-order valence-corrected chi connectivity index (χ3v) is 1.89. The highest BCUT2D eigenvalue weighted by Gasteiger charge is 2.18. The minimum absolute atomic E-state index is 0.199. The van der Waals surface area contributed by atoms with Crippen LogP contribution in [-0.4, -0.2) is 31.3 Å². The Kier molecular flexibility index (Phi) is 4.34. The highest BCUT2D eigenvalue weighted by molar-refractivity contribution is 5.78. The van der Waals surface area contributed by atoms with Gasteiger partial charge in [0.1, 0.15) is 5.78 Å². The van der Waals surface area contributed by atoms with E-state index in [4.69, 9.17) is 0 Å². The molecule has 0 radical (unpaired) electrons. The van der Waals surface area contributed by atoms with Crippen LogP contribution in [-0.2, 0) is 4.79 Å². The van der Waals surface area contributed by atoms with Crippen LogP contribution < -0.4 is 0 Å². The maximum absolute atomic E-state index is 11.1. The Balaban J connectivity index is 4.01. The molecule has 0 aliphatic rings. The minimum atomic E-state index is 0.199. The molecule has 1 unspecified atom stereocenters. The standard InChI is InChI=1S/C9H19NO/c1-7(2)9(8(3)11)6-10(4)5/h7,9H,6H2,1-5H3. The molecule has 66 valence electrons. The number of hydrogen-bond acceptors (Lipinski definition) is 2. The van der Waals surface area contributed by atoms with Gasteiger partial charge in [-0.3, -0.25) is 4.79 Å². The van der Waals surface area contributed by atoms with E-state index in [9.17, 15) is 4.79 Å². The Hall–Kier alpha value is -0.370. The van der Waals surface area contributed by atoms with Crippen LogP contribution in [0.2, 0.25) is 0 Å². The van der Waals surface area contributed by atoms with Gasteiger partial charge >= 0.3 is 0 Å². The molecule has 0 saturated heterocycles. The zero-order valence-corrected chi connectivity index (χ0v) is 8.22. The molecule has 2 nitrogen and oxygen atoms in total. The van der Waals surface area contributed by atoms with Gasteiger partial charge in [-0.25, -0.2) is 0 Å². The summed E-state index contributed by atoms with van der Waals surface area (Å²) in [5.74, 6) is 0.952. The Morgan fingerprint density at radius 2 is 1.82 bits per heavy atom. The fourth-order valence-corrected chi connectivity index (χ4v) is 1.20. The van der Waals surface area contributed by atoms with E-state index in [0.29, 0.717) is 11.7 Å². The molecular formula is C9H19NO. The lowest BCUT2D eigenvalue weighted by Crippen LogP contribution is -2.30. The molecule has 0 aromatic heterocycles. The van der Waals surface area contributed by atoms with Crippen molar-refractivity contribution in [2.75, 3.05) is 20.6 Å². The SMILES string of the molecule is CC(=O)C(CN(C)C)C(C)C. The van der Waals surface area contributed by atoms with Crippen molar-refractivity contribution in [3.8, 4) is 0 Å². The number of hydrogen-bond donors (Lipinski definition) is 0. The maximum atomic E-state index is 11.1. The van der Waals surface area contributed by atoms with Crippen LogP contribution in [0.1, 0.15) is 20.8 Å². The molecule has 0 aromatic rings. The fourth-order valence-electron chi connectivity index (χ4n) is 1.20. The van der Waals surface area contributed by atoms with Crippen LogP contribution in [0.3, 0.4) is 0 Å². The van der Waals surface area contributed by atoms with Gasteiger partial charge in [-0.05, 0) is 26.9 Å². The fraction of sp³-hybridized carbons (Fsp3) is 0.889. The van der Waals surface area contributed by atoms with Gasteiger partial charge in [0, 0.05) is 12.5 Å². The first-order chi connectivity index (χ1) is 4.95. The third-order valence-electron chi connectivity index (χ3n) is 1.89. The molecule has 0 aromatic carbocycles. The van der Waals surface area contributed by atoms with Gasteiger partial charge in [0.2, 0.25) is 0 Å². The molecule has 0 fully saturated rings. The van der Waals surface area contributed by atoms with E-state index < -0.39 is 0 Å². The summed E-state index contributed by atoms with van der Waals surface area (Å²) in [5, 5.41) is 0. The summed E-state index contributed by atoms with van der Waals surface area (Å²) in [7, 11) is 4.00. The maximum Gasteiger partial charge on any atom is 0.134 e. The van der Waals surface area contributed by atoms with Crippen molar-refractivity contribution in [3.63, 3.8) is 0 Å². The zero-order chi connectivity index (χ0) is 9.02. The summed E-state index contributed by atoms with van der Waals surface area (Å²) in [6.07, 6.45) is 0. The zero-order valence-electron chi connectivity index (χ0n) is 8.22. The monoisotopic (exact) mass is 157 g/mol. The molecule has 0 aliphatic carbocycles. The van der Waals surface area contributed by atoms with Crippen LogP contribution in [0.25, 0.3) is 0 Å². The van der Waals surface area contributed by atoms with Gasteiger partial charge in [0.05, 0.1) is 0 Å². The molecule has 0 heterocycles. The van der Waals surface area contributed by atoms with E-state index in [2.05, 4.69) is 18.7 Å². The van der Waals surface area contributed by atoms with Crippen molar-refractivity contribution in [1.29, 1.82) is 0 Å². The van der Waals surface area contributed by atoms with Crippen molar-refractivity contribution in [1.82, 2.24) is 4.90 Å². The molecule has 1 atom stereocenters. The van der Waals surface area contributed by atoms with Gasteiger partial charge in [0.15, 0.2) is 0 Å². The number of Topliss-reactive ketones (excluding diaryl/α,β-unsaturated/α-hetero) is 1. The van der Waals surface area contributed by atoms with Gasteiger partial charge in [0.25, 0.3) is 0 Å².